The minimum absolute atomic E-state index is 0.00712. The van der Waals surface area contributed by atoms with Gasteiger partial charge in [-0.1, -0.05) is 29.8 Å². The summed E-state index contributed by atoms with van der Waals surface area (Å²) in [6, 6.07) is 11.9. The fourth-order valence-electron chi connectivity index (χ4n) is 3.88. The van der Waals surface area contributed by atoms with E-state index in [1.165, 1.54) is 5.56 Å². The lowest BCUT2D eigenvalue weighted by atomic mass is 9.85. The lowest BCUT2D eigenvalue weighted by Crippen LogP contribution is -2.36. The first-order valence-corrected chi connectivity index (χ1v) is 9.23. The number of furan rings is 1. The molecule has 2 saturated heterocycles. The summed E-state index contributed by atoms with van der Waals surface area (Å²) in [5.74, 6) is 1.07. The van der Waals surface area contributed by atoms with E-state index in [9.17, 15) is 14.4 Å². The number of hydrogen-bond acceptors (Lipinski definition) is 4. The predicted octanol–water partition coefficient (Wildman–Crippen LogP) is 2.45. The Morgan fingerprint density at radius 3 is 2.67 bits per heavy atom. The monoisotopic (exact) mass is 366 g/mol. The number of amides is 3. The highest BCUT2D eigenvalue weighted by Crippen LogP contribution is 2.37. The molecule has 1 spiro atoms. The van der Waals surface area contributed by atoms with Crippen LogP contribution in [0.3, 0.4) is 0 Å². The molecule has 1 N–H and O–H groups in total. The standard InChI is InChI=1S/C21H22N2O4/c1-14-2-4-15(5-3-14)17-8-6-16(27-17)7-9-19(25)23-11-10-21(13-23)12-18(24)22-20(21)26/h2-6,8H,7,9-13H2,1H3,(H,22,24,26). The lowest BCUT2D eigenvalue weighted by molar-refractivity contribution is -0.131. The summed E-state index contributed by atoms with van der Waals surface area (Å²) in [7, 11) is 0. The second-order valence-electron chi connectivity index (χ2n) is 7.53. The molecule has 2 aliphatic heterocycles. The topological polar surface area (TPSA) is 79.6 Å². The van der Waals surface area contributed by atoms with E-state index >= 15 is 0 Å². The van der Waals surface area contributed by atoms with Crippen LogP contribution < -0.4 is 5.32 Å². The van der Waals surface area contributed by atoms with Gasteiger partial charge in [-0.2, -0.15) is 0 Å². The van der Waals surface area contributed by atoms with Crippen molar-refractivity contribution in [3.05, 3.63) is 47.7 Å². The zero-order chi connectivity index (χ0) is 19.0. The van der Waals surface area contributed by atoms with E-state index in [0.717, 1.165) is 17.1 Å². The van der Waals surface area contributed by atoms with Crippen molar-refractivity contribution in [3.8, 4) is 11.3 Å². The van der Waals surface area contributed by atoms with Gasteiger partial charge in [0.05, 0.1) is 5.41 Å². The van der Waals surface area contributed by atoms with Crippen LogP contribution in [-0.2, 0) is 20.8 Å². The first kappa shape index (κ1) is 17.5. The first-order chi connectivity index (χ1) is 12.9. The van der Waals surface area contributed by atoms with Crippen LogP contribution in [0.25, 0.3) is 11.3 Å². The Bertz CT molecular complexity index is 899. The number of imide groups is 1. The molecule has 6 heteroatoms. The molecule has 140 valence electrons. The third-order valence-corrected chi connectivity index (χ3v) is 5.52. The smallest absolute Gasteiger partial charge is 0.235 e. The van der Waals surface area contributed by atoms with E-state index in [2.05, 4.69) is 5.32 Å². The summed E-state index contributed by atoms with van der Waals surface area (Å²) in [6.45, 7) is 2.89. The van der Waals surface area contributed by atoms with Gasteiger partial charge in [-0.3, -0.25) is 19.7 Å². The molecular formula is C21H22N2O4. The average molecular weight is 366 g/mol. The summed E-state index contributed by atoms with van der Waals surface area (Å²) < 4.78 is 5.87. The van der Waals surface area contributed by atoms with Gasteiger partial charge in [-0.25, -0.2) is 0 Å². The fraction of sp³-hybridized carbons (Fsp3) is 0.381. The van der Waals surface area contributed by atoms with Crippen molar-refractivity contribution >= 4 is 17.7 Å². The quantitative estimate of drug-likeness (QED) is 0.843. The largest absolute Gasteiger partial charge is 0.461 e. The minimum atomic E-state index is -0.712. The van der Waals surface area contributed by atoms with Gasteiger partial charge in [-0.15, -0.1) is 0 Å². The molecule has 3 heterocycles. The van der Waals surface area contributed by atoms with Crippen LogP contribution in [0.1, 0.15) is 30.6 Å². The highest BCUT2D eigenvalue weighted by atomic mass is 16.3. The summed E-state index contributed by atoms with van der Waals surface area (Å²) in [5, 5.41) is 2.36. The van der Waals surface area contributed by atoms with Crippen LogP contribution in [0, 0.1) is 12.3 Å². The number of likely N-dealkylation sites (tertiary alicyclic amines) is 1. The van der Waals surface area contributed by atoms with Crippen molar-refractivity contribution in [1.29, 1.82) is 0 Å². The first-order valence-electron chi connectivity index (χ1n) is 9.23. The average Bonchev–Trinajstić information content (AvgIpc) is 3.34. The Balaban J connectivity index is 1.34. The normalized spacial score (nSPS) is 21.9. The maximum absolute atomic E-state index is 12.5. The maximum atomic E-state index is 12.5. The van der Waals surface area contributed by atoms with E-state index < -0.39 is 5.41 Å². The molecule has 1 aromatic carbocycles. The summed E-state index contributed by atoms with van der Waals surface area (Å²) in [5.41, 5.74) is 1.49. The molecule has 2 aromatic rings. The van der Waals surface area contributed by atoms with E-state index in [-0.39, 0.29) is 24.1 Å². The molecule has 0 aliphatic carbocycles. The lowest BCUT2D eigenvalue weighted by Gasteiger charge is -2.20. The number of nitrogens with zero attached hydrogens (tertiary/aromatic N) is 1. The number of hydrogen-bond donors (Lipinski definition) is 1. The predicted molar refractivity (Wildman–Crippen MR) is 98.6 cm³/mol. The zero-order valence-electron chi connectivity index (χ0n) is 15.3. The number of aryl methyl sites for hydroxylation is 2. The number of carbonyl (C=O) groups excluding carboxylic acids is 3. The SMILES string of the molecule is Cc1ccc(-c2ccc(CCC(=O)N3CCC4(CC(=O)NC4=O)C3)o2)cc1. The van der Waals surface area contributed by atoms with Crippen LogP contribution in [0.2, 0.25) is 0 Å². The Morgan fingerprint density at radius 2 is 1.96 bits per heavy atom. The molecule has 6 nitrogen and oxygen atoms in total. The zero-order valence-corrected chi connectivity index (χ0v) is 15.3. The van der Waals surface area contributed by atoms with Crippen molar-refractivity contribution in [1.82, 2.24) is 10.2 Å². The van der Waals surface area contributed by atoms with Crippen molar-refractivity contribution < 1.29 is 18.8 Å². The number of nitrogens with one attached hydrogen (secondary N) is 1. The minimum Gasteiger partial charge on any atom is -0.461 e. The second kappa shape index (κ2) is 6.68. The van der Waals surface area contributed by atoms with Crippen molar-refractivity contribution in [2.24, 2.45) is 5.41 Å². The molecule has 27 heavy (non-hydrogen) atoms. The molecule has 0 radical (unpaired) electrons. The third-order valence-electron chi connectivity index (χ3n) is 5.52. The van der Waals surface area contributed by atoms with E-state index in [1.54, 1.807) is 4.90 Å². The van der Waals surface area contributed by atoms with E-state index in [0.29, 0.717) is 32.4 Å². The number of carbonyl (C=O) groups is 3. The summed E-state index contributed by atoms with van der Waals surface area (Å²) in [6.07, 6.45) is 1.58. The second-order valence-corrected chi connectivity index (χ2v) is 7.53. The van der Waals surface area contributed by atoms with Crippen molar-refractivity contribution in [3.63, 3.8) is 0 Å². The highest BCUT2D eigenvalue weighted by Gasteiger charge is 2.51. The Kier molecular flexibility index (Phi) is 4.34. The Morgan fingerprint density at radius 1 is 1.19 bits per heavy atom. The van der Waals surface area contributed by atoms with Crippen LogP contribution in [0.4, 0.5) is 0 Å². The van der Waals surface area contributed by atoms with Gasteiger partial charge in [0.2, 0.25) is 17.7 Å². The van der Waals surface area contributed by atoms with Crippen LogP contribution in [-0.4, -0.2) is 35.7 Å². The van der Waals surface area contributed by atoms with Gasteiger partial charge in [0.25, 0.3) is 0 Å². The van der Waals surface area contributed by atoms with Gasteiger partial charge in [0, 0.05) is 37.9 Å². The van der Waals surface area contributed by atoms with Gasteiger partial charge >= 0.3 is 0 Å². The van der Waals surface area contributed by atoms with Gasteiger partial charge in [0.15, 0.2) is 0 Å². The van der Waals surface area contributed by atoms with Crippen LogP contribution >= 0.6 is 0 Å². The molecule has 2 aliphatic rings. The molecule has 1 atom stereocenters. The van der Waals surface area contributed by atoms with Gasteiger partial charge in [0.1, 0.15) is 11.5 Å². The Hall–Kier alpha value is -2.89. The number of rotatable bonds is 4. The molecule has 2 fully saturated rings. The van der Waals surface area contributed by atoms with E-state index in [4.69, 9.17) is 4.42 Å². The van der Waals surface area contributed by atoms with Crippen molar-refractivity contribution in [2.45, 2.75) is 32.6 Å². The third kappa shape index (κ3) is 3.39. The van der Waals surface area contributed by atoms with Gasteiger partial charge < -0.3 is 9.32 Å². The summed E-state index contributed by atoms with van der Waals surface area (Å²) >= 11 is 0. The molecule has 4 rings (SSSR count). The van der Waals surface area contributed by atoms with Crippen LogP contribution in [0.5, 0.6) is 0 Å². The molecule has 1 unspecified atom stereocenters. The maximum Gasteiger partial charge on any atom is 0.235 e. The fourth-order valence-corrected chi connectivity index (χ4v) is 3.88. The number of benzene rings is 1. The highest BCUT2D eigenvalue weighted by molar-refractivity contribution is 6.06. The molecule has 3 amide bonds. The van der Waals surface area contributed by atoms with Crippen LogP contribution in [0.15, 0.2) is 40.8 Å². The molecular weight excluding hydrogens is 344 g/mol. The molecule has 0 bridgehead atoms. The Labute approximate surface area is 157 Å². The van der Waals surface area contributed by atoms with E-state index in [1.807, 2.05) is 43.3 Å². The summed E-state index contributed by atoms with van der Waals surface area (Å²) in [4.78, 5) is 37.7. The molecule has 0 saturated carbocycles. The van der Waals surface area contributed by atoms with Crippen molar-refractivity contribution in [2.75, 3.05) is 13.1 Å². The van der Waals surface area contributed by atoms with Gasteiger partial charge in [-0.05, 0) is 25.5 Å². The molecule has 1 aromatic heterocycles.